The third-order valence-corrected chi connectivity index (χ3v) is 6.03. The molecule has 0 saturated carbocycles. The van der Waals surface area contributed by atoms with Crippen molar-refractivity contribution in [3.63, 3.8) is 0 Å². The van der Waals surface area contributed by atoms with Gasteiger partial charge in [0.05, 0.1) is 32.4 Å². The van der Waals surface area contributed by atoms with Gasteiger partial charge in [-0.15, -0.1) is 0 Å². The third-order valence-electron chi connectivity index (χ3n) is 6.03. The van der Waals surface area contributed by atoms with Crippen molar-refractivity contribution in [1.82, 2.24) is 10.2 Å². The van der Waals surface area contributed by atoms with Crippen molar-refractivity contribution in [3.8, 4) is 11.5 Å². The minimum Gasteiger partial charge on any atom is -0.497 e. The maximum absolute atomic E-state index is 12.9. The van der Waals surface area contributed by atoms with Crippen molar-refractivity contribution in [2.75, 3.05) is 32.2 Å². The van der Waals surface area contributed by atoms with Crippen LogP contribution in [-0.4, -0.2) is 62.0 Å². The van der Waals surface area contributed by atoms with Gasteiger partial charge >= 0.3 is 0 Å². The molecule has 0 spiro atoms. The van der Waals surface area contributed by atoms with E-state index in [1.165, 1.54) is 4.90 Å². The number of likely N-dealkylation sites (tertiary alicyclic amines) is 1. The molecule has 0 aliphatic carbocycles. The molecule has 1 N–H and O–H groups in total. The predicted octanol–water partition coefficient (Wildman–Crippen LogP) is 2.23. The third kappa shape index (κ3) is 4.45. The van der Waals surface area contributed by atoms with Gasteiger partial charge in [-0.25, -0.2) is 4.90 Å². The first-order chi connectivity index (χ1) is 15.5. The lowest BCUT2D eigenvalue weighted by Gasteiger charge is -2.33. The van der Waals surface area contributed by atoms with Gasteiger partial charge in [-0.05, 0) is 61.4 Å². The van der Waals surface area contributed by atoms with Crippen molar-refractivity contribution in [1.29, 1.82) is 0 Å². The Balaban J connectivity index is 1.32. The number of rotatable bonds is 6. The van der Waals surface area contributed by atoms with Crippen molar-refractivity contribution in [3.05, 3.63) is 54.1 Å². The van der Waals surface area contributed by atoms with Gasteiger partial charge in [0.1, 0.15) is 11.5 Å². The lowest BCUT2D eigenvalue weighted by Crippen LogP contribution is -2.49. The van der Waals surface area contributed by atoms with Gasteiger partial charge < -0.3 is 19.7 Å². The molecule has 1 unspecified atom stereocenters. The van der Waals surface area contributed by atoms with Crippen molar-refractivity contribution in [2.45, 2.75) is 31.3 Å². The van der Waals surface area contributed by atoms with Crippen LogP contribution in [0.15, 0.2) is 48.5 Å². The van der Waals surface area contributed by atoms with E-state index in [0.29, 0.717) is 35.8 Å². The topological polar surface area (TPSA) is 88.2 Å². The van der Waals surface area contributed by atoms with Crippen LogP contribution in [0.1, 0.15) is 29.6 Å². The van der Waals surface area contributed by atoms with E-state index in [2.05, 4.69) is 5.32 Å². The molecule has 2 aliphatic heterocycles. The summed E-state index contributed by atoms with van der Waals surface area (Å²) in [5, 5.41) is 3.34. The smallest absolute Gasteiger partial charge is 0.253 e. The van der Waals surface area contributed by atoms with E-state index in [0.717, 1.165) is 12.8 Å². The minimum atomic E-state index is -0.543. The van der Waals surface area contributed by atoms with Crippen LogP contribution >= 0.6 is 0 Å². The fraction of sp³-hybridized carbons (Fsp3) is 0.375. The molecule has 2 saturated heterocycles. The highest BCUT2D eigenvalue weighted by atomic mass is 16.5. The number of carbonyl (C=O) groups is 3. The zero-order valence-electron chi connectivity index (χ0n) is 18.2. The summed E-state index contributed by atoms with van der Waals surface area (Å²) in [5.74, 6) is 0.910. The highest BCUT2D eigenvalue weighted by molar-refractivity contribution is 6.22. The summed E-state index contributed by atoms with van der Waals surface area (Å²) < 4.78 is 10.3. The summed E-state index contributed by atoms with van der Waals surface area (Å²) in [6.45, 7) is 1.19. The molecule has 168 valence electrons. The zero-order valence-corrected chi connectivity index (χ0v) is 18.2. The Morgan fingerprint density at radius 1 is 0.906 bits per heavy atom. The van der Waals surface area contributed by atoms with E-state index in [4.69, 9.17) is 9.47 Å². The second-order valence-corrected chi connectivity index (χ2v) is 7.98. The number of piperidine rings is 1. The number of hydrogen-bond donors (Lipinski definition) is 1. The normalized spacial score (nSPS) is 19.4. The Morgan fingerprint density at radius 3 is 2.03 bits per heavy atom. The van der Waals surface area contributed by atoms with Gasteiger partial charge in [-0.3, -0.25) is 14.4 Å². The molecule has 2 fully saturated rings. The Bertz CT molecular complexity index is 982. The van der Waals surface area contributed by atoms with Crippen LogP contribution < -0.4 is 19.7 Å². The number of imide groups is 1. The van der Waals surface area contributed by atoms with Gasteiger partial charge in [0, 0.05) is 24.7 Å². The Hall–Kier alpha value is -3.39. The van der Waals surface area contributed by atoms with E-state index in [1.807, 2.05) is 4.90 Å². The van der Waals surface area contributed by atoms with Crippen molar-refractivity contribution >= 4 is 23.4 Å². The standard InChI is InChI=1S/C24H27N3O5/c1-31-19-7-3-16(4-8-19)23(29)26-13-11-17(12-14-26)25-21-15-22(28)27(24(21)30)18-5-9-20(32-2)10-6-18/h3-10,17,21,25H,11-15H2,1-2H3. The number of methoxy groups -OCH3 is 2. The zero-order chi connectivity index (χ0) is 22.7. The molecule has 0 aromatic heterocycles. The van der Waals surface area contributed by atoms with Crippen LogP contribution in [0.5, 0.6) is 11.5 Å². The number of amides is 3. The first-order valence-electron chi connectivity index (χ1n) is 10.7. The van der Waals surface area contributed by atoms with Crippen LogP contribution in [0.2, 0.25) is 0 Å². The minimum absolute atomic E-state index is 0.0103. The van der Waals surface area contributed by atoms with Gasteiger partial charge in [0.25, 0.3) is 11.8 Å². The maximum atomic E-state index is 12.9. The maximum Gasteiger partial charge on any atom is 0.253 e. The molecular weight excluding hydrogens is 410 g/mol. The Kier molecular flexibility index (Phi) is 6.41. The van der Waals surface area contributed by atoms with E-state index < -0.39 is 6.04 Å². The molecule has 3 amide bonds. The predicted molar refractivity (Wildman–Crippen MR) is 119 cm³/mol. The number of anilines is 1. The van der Waals surface area contributed by atoms with E-state index >= 15 is 0 Å². The summed E-state index contributed by atoms with van der Waals surface area (Å²) in [6, 6.07) is 13.5. The molecule has 0 radical (unpaired) electrons. The largest absolute Gasteiger partial charge is 0.497 e. The summed E-state index contributed by atoms with van der Waals surface area (Å²) in [7, 11) is 3.16. The second-order valence-electron chi connectivity index (χ2n) is 7.98. The molecule has 0 bridgehead atoms. The second kappa shape index (κ2) is 9.40. The molecule has 8 nitrogen and oxygen atoms in total. The highest BCUT2D eigenvalue weighted by Gasteiger charge is 2.40. The Labute approximate surface area is 187 Å². The number of ether oxygens (including phenoxy) is 2. The van der Waals surface area contributed by atoms with Crippen LogP contribution in [0.4, 0.5) is 5.69 Å². The SMILES string of the molecule is COc1ccc(C(=O)N2CCC(NC3CC(=O)N(c4ccc(OC)cc4)C3=O)CC2)cc1. The molecule has 1 atom stereocenters. The monoisotopic (exact) mass is 437 g/mol. The number of carbonyl (C=O) groups excluding carboxylic acids is 3. The first-order valence-corrected chi connectivity index (χ1v) is 10.7. The van der Waals surface area contributed by atoms with Crippen LogP contribution in [0.25, 0.3) is 0 Å². The van der Waals surface area contributed by atoms with Gasteiger partial charge in [0.2, 0.25) is 5.91 Å². The summed E-state index contributed by atoms with van der Waals surface area (Å²) >= 11 is 0. The Morgan fingerprint density at radius 2 is 1.47 bits per heavy atom. The van der Waals surface area contributed by atoms with Gasteiger partial charge in [-0.1, -0.05) is 0 Å². The molecule has 4 rings (SSSR count). The highest BCUT2D eigenvalue weighted by Crippen LogP contribution is 2.26. The molecule has 8 heteroatoms. The molecular formula is C24H27N3O5. The van der Waals surface area contributed by atoms with Gasteiger partial charge in [-0.2, -0.15) is 0 Å². The van der Waals surface area contributed by atoms with Crippen LogP contribution in [-0.2, 0) is 9.59 Å². The van der Waals surface area contributed by atoms with Crippen LogP contribution in [0.3, 0.4) is 0 Å². The lowest BCUT2D eigenvalue weighted by molar-refractivity contribution is -0.121. The molecule has 2 heterocycles. The van der Waals surface area contributed by atoms with Crippen molar-refractivity contribution < 1.29 is 23.9 Å². The molecule has 2 aromatic rings. The van der Waals surface area contributed by atoms with Crippen LogP contribution in [0, 0.1) is 0 Å². The van der Waals surface area contributed by atoms with E-state index in [9.17, 15) is 14.4 Å². The summed E-state index contributed by atoms with van der Waals surface area (Å²) in [5.41, 5.74) is 1.17. The van der Waals surface area contributed by atoms with E-state index in [-0.39, 0.29) is 30.2 Å². The fourth-order valence-corrected chi connectivity index (χ4v) is 4.21. The molecule has 32 heavy (non-hydrogen) atoms. The van der Waals surface area contributed by atoms with Gasteiger partial charge in [0.15, 0.2) is 0 Å². The number of benzene rings is 2. The quantitative estimate of drug-likeness (QED) is 0.698. The van der Waals surface area contributed by atoms with Crippen molar-refractivity contribution in [2.24, 2.45) is 0 Å². The van der Waals surface area contributed by atoms with E-state index in [1.54, 1.807) is 62.8 Å². The number of nitrogens with zero attached hydrogens (tertiary/aromatic N) is 2. The summed E-state index contributed by atoms with van der Waals surface area (Å²) in [4.78, 5) is 41.2. The first kappa shape index (κ1) is 21.8. The average Bonchev–Trinajstić information content (AvgIpc) is 3.11. The summed E-state index contributed by atoms with van der Waals surface area (Å²) in [6.07, 6.45) is 1.58. The fourth-order valence-electron chi connectivity index (χ4n) is 4.21. The molecule has 2 aliphatic rings. The lowest BCUT2D eigenvalue weighted by atomic mass is 10.0. The average molecular weight is 437 g/mol. The number of nitrogens with one attached hydrogen (secondary N) is 1. The molecule has 2 aromatic carbocycles. The number of hydrogen-bond acceptors (Lipinski definition) is 6.